The predicted molar refractivity (Wildman–Crippen MR) is 82.3 cm³/mol. The Morgan fingerprint density at radius 1 is 1.33 bits per heavy atom. The van der Waals surface area contributed by atoms with Crippen LogP contribution < -0.4 is 0 Å². The van der Waals surface area contributed by atoms with Crippen molar-refractivity contribution in [3.8, 4) is 0 Å². The second-order valence-corrected chi connectivity index (χ2v) is 6.46. The molecule has 1 N–H and O–H groups in total. The Hall–Kier alpha value is -1.57. The highest BCUT2D eigenvalue weighted by Crippen LogP contribution is 2.31. The molecule has 1 aromatic heterocycles. The monoisotopic (exact) mass is 347 g/mol. The summed E-state index contributed by atoms with van der Waals surface area (Å²) in [5.41, 5.74) is -0.951. The molecular weight excluding hydrogens is 323 g/mol. The van der Waals surface area contributed by atoms with Crippen molar-refractivity contribution >= 4 is 5.91 Å². The van der Waals surface area contributed by atoms with Gasteiger partial charge in [-0.3, -0.25) is 9.48 Å². The van der Waals surface area contributed by atoms with Crippen molar-refractivity contribution in [2.45, 2.75) is 70.8 Å². The molecule has 0 bridgehead atoms. The van der Waals surface area contributed by atoms with Gasteiger partial charge in [-0.05, 0) is 46.0 Å². The number of nitrogens with zero attached hydrogens (tertiary/aromatic N) is 3. The number of hydrogen-bond acceptors (Lipinski definition) is 3. The zero-order valence-electron chi connectivity index (χ0n) is 14.0. The van der Waals surface area contributed by atoms with Gasteiger partial charge in [-0.1, -0.05) is 0 Å². The molecule has 2 unspecified atom stereocenters. The minimum absolute atomic E-state index is 0.0177. The minimum Gasteiger partial charge on any atom is -0.396 e. The zero-order chi connectivity index (χ0) is 17.9. The Morgan fingerprint density at radius 3 is 2.50 bits per heavy atom. The van der Waals surface area contributed by atoms with Crippen molar-refractivity contribution in [3.63, 3.8) is 0 Å². The number of carbonyl (C=O) groups excluding carboxylic acids is 1. The van der Waals surface area contributed by atoms with E-state index in [2.05, 4.69) is 5.10 Å². The number of halogens is 3. The van der Waals surface area contributed by atoms with Gasteiger partial charge in [-0.2, -0.15) is 18.3 Å². The van der Waals surface area contributed by atoms with Crippen LogP contribution in [-0.4, -0.2) is 44.4 Å². The first-order chi connectivity index (χ1) is 11.2. The summed E-state index contributed by atoms with van der Waals surface area (Å²) in [6.07, 6.45) is -0.119. The van der Waals surface area contributed by atoms with Crippen LogP contribution in [0.25, 0.3) is 0 Å². The standard InChI is InChI=1S/C16H24F3N3O2/c1-11-5-3-6-12(2)22(11)14(24)10-21-9-13(7-4-8-23)15(20-21)16(17,18)19/h9,11-12,23H,3-8,10H2,1-2H3. The SMILES string of the molecule is CC1CCCC(C)N1C(=O)Cn1cc(CCCO)c(C(F)(F)F)n1. The third-order valence-electron chi connectivity index (χ3n) is 4.49. The molecule has 1 aliphatic heterocycles. The molecule has 0 aliphatic carbocycles. The van der Waals surface area contributed by atoms with Crippen LogP contribution in [0.15, 0.2) is 6.20 Å². The van der Waals surface area contributed by atoms with Crippen molar-refractivity contribution in [1.82, 2.24) is 14.7 Å². The van der Waals surface area contributed by atoms with E-state index in [0.29, 0.717) is 0 Å². The molecule has 0 spiro atoms. The fourth-order valence-electron chi connectivity index (χ4n) is 3.37. The second kappa shape index (κ2) is 7.55. The molecule has 0 aromatic carbocycles. The summed E-state index contributed by atoms with van der Waals surface area (Å²) in [6, 6.07) is 0.181. The number of aliphatic hydroxyl groups excluding tert-OH is 1. The Morgan fingerprint density at radius 2 is 1.96 bits per heavy atom. The summed E-state index contributed by atoms with van der Waals surface area (Å²) in [4.78, 5) is 14.3. The first-order valence-corrected chi connectivity index (χ1v) is 8.29. The number of piperidine rings is 1. The summed E-state index contributed by atoms with van der Waals surface area (Å²) in [5, 5.41) is 12.4. The third kappa shape index (κ3) is 4.28. The van der Waals surface area contributed by atoms with E-state index in [0.717, 1.165) is 23.9 Å². The highest BCUT2D eigenvalue weighted by atomic mass is 19.4. The van der Waals surface area contributed by atoms with E-state index in [4.69, 9.17) is 5.11 Å². The van der Waals surface area contributed by atoms with Gasteiger partial charge in [0.2, 0.25) is 5.91 Å². The first kappa shape index (κ1) is 18.8. The van der Waals surface area contributed by atoms with E-state index in [1.165, 1.54) is 6.20 Å². The zero-order valence-corrected chi connectivity index (χ0v) is 14.0. The number of amides is 1. The molecule has 1 fully saturated rings. The Kier molecular flexibility index (Phi) is 5.90. The lowest BCUT2D eigenvalue weighted by molar-refractivity contribution is -0.143. The van der Waals surface area contributed by atoms with E-state index in [9.17, 15) is 18.0 Å². The number of rotatable bonds is 5. The molecule has 136 valence electrons. The maximum absolute atomic E-state index is 13.1. The van der Waals surface area contributed by atoms with Gasteiger partial charge < -0.3 is 10.0 Å². The molecule has 2 atom stereocenters. The molecule has 5 nitrogen and oxygen atoms in total. The molecule has 2 heterocycles. The summed E-state index contributed by atoms with van der Waals surface area (Å²) < 4.78 is 40.3. The normalized spacial score (nSPS) is 22.0. The van der Waals surface area contributed by atoms with Gasteiger partial charge in [0, 0.05) is 30.5 Å². The number of likely N-dealkylation sites (tertiary alicyclic amines) is 1. The summed E-state index contributed by atoms with van der Waals surface area (Å²) in [5.74, 6) is -0.209. The van der Waals surface area contributed by atoms with Gasteiger partial charge in [0.1, 0.15) is 6.54 Å². The van der Waals surface area contributed by atoms with Crippen molar-refractivity contribution < 1.29 is 23.1 Å². The van der Waals surface area contributed by atoms with Crippen LogP contribution in [0.3, 0.4) is 0 Å². The number of alkyl halides is 3. The van der Waals surface area contributed by atoms with Gasteiger partial charge in [-0.15, -0.1) is 0 Å². The average Bonchev–Trinajstić information content (AvgIpc) is 2.88. The fraction of sp³-hybridized carbons (Fsp3) is 0.750. The number of aryl methyl sites for hydroxylation is 1. The van der Waals surface area contributed by atoms with Crippen LogP contribution in [0.4, 0.5) is 13.2 Å². The number of carbonyl (C=O) groups is 1. The van der Waals surface area contributed by atoms with E-state index in [1.54, 1.807) is 4.90 Å². The van der Waals surface area contributed by atoms with Gasteiger partial charge >= 0.3 is 6.18 Å². The van der Waals surface area contributed by atoms with E-state index < -0.39 is 11.9 Å². The average molecular weight is 347 g/mol. The summed E-state index contributed by atoms with van der Waals surface area (Å²) in [6.45, 7) is 3.54. The Balaban J connectivity index is 2.16. The minimum atomic E-state index is -4.56. The van der Waals surface area contributed by atoms with Crippen LogP contribution in [-0.2, 0) is 23.9 Å². The van der Waals surface area contributed by atoms with Gasteiger partial charge in [0.05, 0.1) is 0 Å². The van der Waals surface area contributed by atoms with Crippen LogP contribution in [0, 0.1) is 0 Å². The van der Waals surface area contributed by atoms with Crippen molar-refractivity contribution in [3.05, 3.63) is 17.5 Å². The predicted octanol–water partition coefficient (Wildman–Crippen LogP) is 2.62. The molecule has 8 heteroatoms. The Bertz CT molecular complexity index is 561. The molecular formula is C16H24F3N3O2. The smallest absolute Gasteiger partial charge is 0.396 e. The lowest BCUT2D eigenvalue weighted by Gasteiger charge is -2.39. The molecule has 0 radical (unpaired) electrons. The van der Waals surface area contributed by atoms with E-state index in [-0.39, 0.29) is 49.5 Å². The topological polar surface area (TPSA) is 58.4 Å². The van der Waals surface area contributed by atoms with Gasteiger partial charge in [0.25, 0.3) is 0 Å². The quantitative estimate of drug-likeness (QED) is 0.891. The molecule has 24 heavy (non-hydrogen) atoms. The molecule has 2 rings (SSSR count). The highest BCUT2D eigenvalue weighted by molar-refractivity contribution is 5.76. The maximum atomic E-state index is 13.1. The molecule has 1 aromatic rings. The fourth-order valence-corrected chi connectivity index (χ4v) is 3.37. The number of aromatic nitrogens is 2. The molecule has 1 aliphatic rings. The van der Waals surface area contributed by atoms with Gasteiger partial charge in [0.15, 0.2) is 5.69 Å². The van der Waals surface area contributed by atoms with Gasteiger partial charge in [-0.25, -0.2) is 0 Å². The molecule has 0 saturated carbocycles. The lowest BCUT2D eigenvalue weighted by atomic mass is 9.97. The van der Waals surface area contributed by atoms with Crippen molar-refractivity contribution in [2.75, 3.05) is 6.61 Å². The first-order valence-electron chi connectivity index (χ1n) is 8.29. The Labute approximate surface area is 139 Å². The molecule has 1 amide bonds. The molecule has 1 saturated heterocycles. The third-order valence-corrected chi connectivity index (χ3v) is 4.49. The van der Waals surface area contributed by atoms with Crippen LogP contribution >= 0.6 is 0 Å². The van der Waals surface area contributed by atoms with Crippen molar-refractivity contribution in [2.24, 2.45) is 0 Å². The number of aliphatic hydroxyl groups is 1. The van der Waals surface area contributed by atoms with Crippen LogP contribution in [0.5, 0.6) is 0 Å². The lowest BCUT2D eigenvalue weighted by Crippen LogP contribution is -2.48. The van der Waals surface area contributed by atoms with E-state index in [1.807, 2.05) is 13.8 Å². The highest BCUT2D eigenvalue weighted by Gasteiger charge is 2.37. The van der Waals surface area contributed by atoms with Crippen LogP contribution in [0.1, 0.15) is 50.8 Å². The van der Waals surface area contributed by atoms with Crippen LogP contribution in [0.2, 0.25) is 0 Å². The number of hydrogen-bond donors (Lipinski definition) is 1. The van der Waals surface area contributed by atoms with E-state index >= 15 is 0 Å². The largest absolute Gasteiger partial charge is 0.435 e. The second-order valence-electron chi connectivity index (χ2n) is 6.46. The summed E-state index contributed by atoms with van der Waals surface area (Å²) >= 11 is 0. The summed E-state index contributed by atoms with van der Waals surface area (Å²) in [7, 11) is 0. The van der Waals surface area contributed by atoms with Crippen molar-refractivity contribution in [1.29, 1.82) is 0 Å². The maximum Gasteiger partial charge on any atom is 0.435 e.